The van der Waals surface area contributed by atoms with Crippen LogP contribution in [-0.2, 0) is 12.8 Å². The van der Waals surface area contributed by atoms with E-state index in [0.717, 1.165) is 12.0 Å². The van der Waals surface area contributed by atoms with Gasteiger partial charge in [0.25, 0.3) is 5.91 Å². The molecule has 124 valence electrons. The molecule has 2 heterocycles. The van der Waals surface area contributed by atoms with Crippen molar-refractivity contribution in [3.8, 4) is 5.82 Å². The van der Waals surface area contributed by atoms with Gasteiger partial charge in [0, 0.05) is 6.54 Å². The molecule has 0 saturated carbocycles. The van der Waals surface area contributed by atoms with Crippen LogP contribution in [0.15, 0.2) is 35.0 Å². The Balaban J connectivity index is 1.71. The molecular formula is C15H17N7O2. The molecule has 9 heteroatoms. The molecule has 0 radical (unpaired) electrons. The van der Waals surface area contributed by atoms with Gasteiger partial charge < -0.3 is 11.1 Å². The molecule has 0 aliphatic rings. The van der Waals surface area contributed by atoms with Gasteiger partial charge in [0.2, 0.25) is 11.6 Å². The van der Waals surface area contributed by atoms with Crippen LogP contribution in [0, 0.1) is 0 Å². The van der Waals surface area contributed by atoms with E-state index in [4.69, 9.17) is 5.73 Å². The molecular weight excluding hydrogens is 310 g/mol. The summed E-state index contributed by atoms with van der Waals surface area (Å²) in [7, 11) is 0. The Morgan fingerprint density at radius 2 is 2.08 bits per heavy atom. The van der Waals surface area contributed by atoms with Gasteiger partial charge in [-0.05, 0) is 28.7 Å². The third-order valence-corrected chi connectivity index (χ3v) is 3.55. The van der Waals surface area contributed by atoms with Crippen molar-refractivity contribution in [2.24, 2.45) is 0 Å². The predicted octanol–water partition coefficient (Wildman–Crippen LogP) is 0.767. The number of rotatable bonds is 6. The number of carbonyl (C=O) groups excluding carboxylic acids is 1. The lowest BCUT2D eigenvalue weighted by molar-refractivity contribution is 0.0948. The molecule has 2 aromatic heterocycles. The Bertz CT molecular complexity index is 825. The first kappa shape index (κ1) is 15.7. The third-order valence-electron chi connectivity index (χ3n) is 3.55. The molecule has 9 nitrogen and oxygen atoms in total. The molecule has 0 fully saturated rings. The minimum absolute atomic E-state index is 0.0886. The van der Waals surface area contributed by atoms with Crippen LogP contribution in [0.2, 0.25) is 0 Å². The number of nitrogen functional groups attached to an aromatic ring is 1. The molecule has 0 aliphatic heterocycles. The second kappa shape index (κ2) is 6.90. The van der Waals surface area contributed by atoms with Crippen molar-refractivity contribution in [1.29, 1.82) is 0 Å². The van der Waals surface area contributed by atoms with E-state index in [1.807, 2.05) is 37.3 Å². The molecule has 3 aromatic rings. The fourth-order valence-corrected chi connectivity index (χ4v) is 2.35. The highest BCUT2D eigenvalue weighted by atomic mass is 16.6. The number of benzene rings is 1. The molecule has 1 amide bonds. The molecule has 0 atom stereocenters. The molecule has 0 spiro atoms. The Kier molecular flexibility index (Phi) is 4.50. The number of nitrogens with one attached hydrogen (secondary N) is 1. The molecule has 0 unspecified atom stereocenters. The SMILES string of the molecule is CCc1c(C(=O)NCCc2ccccc2)nnn1-c1nonc1N. The van der Waals surface area contributed by atoms with Crippen molar-refractivity contribution in [1.82, 2.24) is 30.6 Å². The van der Waals surface area contributed by atoms with E-state index >= 15 is 0 Å². The molecule has 1 aromatic carbocycles. The quantitative estimate of drug-likeness (QED) is 0.685. The van der Waals surface area contributed by atoms with E-state index in [1.54, 1.807) is 0 Å². The predicted molar refractivity (Wildman–Crippen MR) is 85.5 cm³/mol. The van der Waals surface area contributed by atoms with Crippen LogP contribution in [0.3, 0.4) is 0 Å². The van der Waals surface area contributed by atoms with E-state index in [9.17, 15) is 4.79 Å². The van der Waals surface area contributed by atoms with Gasteiger partial charge in [0.15, 0.2) is 5.69 Å². The topological polar surface area (TPSA) is 125 Å². The van der Waals surface area contributed by atoms with Gasteiger partial charge in [0.1, 0.15) is 0 Å². The summed E-state index contributed by atoms with van der Waals surface area (Å²) < 4.78 is 5.94. The van der Waals surface area contributed by atoms with Crippen molar-refractivity contribution in [2.75, 3.05) is 12.3 Å². The van der Waals surface area contributed by atoms with E-state index < -0.39 is 0 Å². The van der Waals surface area contributed by atoms with Gasteiger partial charge in [-0.2, -0.15) is 4.68 Å². The summed E-state index contributed by atoms with van der Waals surface area (Å²) in [6.07, 6.45) is 1.27. The molecule has 3 N–H and O–H groups in total. The van der Waals surface area contributed by atoms with Gasteiger partial charge >= 0.3 is 0 Å². The van der Waals surface area contributed by atoms with Crippen LogP contribution < -0.4 is 11.1 Å². The summed E-state index contributed by atoms with van der Waals surface area (Å²) in [6, 6.07) is 9.92. The van der Waals surface area contributed by atoms with E-state index in [0.29, 0.717) is 18.7 Å². The number of nitrogens with zero attached hydrogens (tertiary/aromatic N) is 5. The average molecular weight is 327 g/mol. The van der Waals surface area contributed by atoms with Gasteiger partial charge in [-0.15, -0.1) is 5.10 Å². The Morgan fingerprint density at radius 3 is 2.75 bits per heavy atom. The zero-order valence-electron chi connectivity index (χ0n) is 13.1. The van der Waals surface area contributed by atoms with Gasteiger partial charge in [-0.25, -0.2) is 4.63 Å². The second-order valence-electron chi connectivity index (χ2n) is 5.11. The molecule has 0 bridgehead atoms. The second-order valence-corrected chi connectivity index (χ2v) is 5.11. The van der Waals surface area contributed by atoms with Crippen molar-refractivity contribution in [2.45, 2.75) is 19.8 Å². The number of amides is 1. The highest BCUT2D eigenvalue weighted by Crippen LogP contribution is 2.16. The first-order valence-electron chi connectivity index (χ1n) is 7.55. The third kappa shape index (κ3) is 3.09. The summed E-state index contributed by atoms with van der Waals surface area (Å²) in [5, 5.41) is 17.9. The first-order chi connectivity index (χ1) is 11.7. The van der Waals surface area contributed by atoms with Crippen LogP contribution in [0.1, 0.15) is 28.7 Å². The number of nitrogens with two attached hydrogens (primary N) is 1. The van der Waals surface area contributed by atoms with Gasteiger partial charge in [0.05, 0.1) is 5.69 Å². The first-order valence-corrected chi connectivity index (χ1v) is 7.55. The average Bonchev–Trinajstić information content (AvgIpc) is 3.21. The lowest BCUT2D eigenvalue weighted by Gasteiger charge is -2.05. The van der Waals surface area contributed by atoms with Crippen LogP contribution in [0.4, 0.5) is 5.82 Å². The minimum Gasteiger partial charge on any atom is -0.378 e. The Labute approximate surface area is 137 Å². The normalized spacial score (nSPS) is 10.7. The smallest absolute Gasteiger partial charge is 0.273 e. The summed E-state index contributed by atoms with van der Waals surface area (Å²) in [5.41, 5.74) is 7.66. The van der Waals surface area contributed by atoms with E-state index in [-0.39, 0.29) is 23.2 Å². The molecule has 24 heavy (non-hydrogen) atoms. The summed E-state index contributed by atoms with van der Waals surface area (Å²) in [6.45, 7) is 2.39. The van der Waals surface area contributed by atoms with Crippen molar-refractivity contribution in [3.63, 3.8) is 0 Å². The molecule has 0 aliphatic carbocycles. The standard InChI is InChI=1S/C15H17N7O2/c1-2-11-12(18-21-22(11)14-13(16)19-24-20-14)15(23)17-9-8-10-6-4-3-5-7-10/h3-7H,2,8-9H2,1H3,(H2,16,19)(H,17,23). The largest absolute Gasteiger partial charge is 0.378 e. The lowest BCUT2D eigenvalue weighted by atomic mass is 10.1. The summed E-state index contributed by atoms with van der Waals surface area (Å²) in [5.74, 6) is 0.0253. The maximum Gasteiger partial charge on any atom is 0.273 e. The fourth-order valence-electron chi connectivity index (χ4n) is 2.35. The highest BCUT2D eigenvalue weighted by Gasteiger charge is 2.22. The fraction of sp³-hybridized carbons (Fsp3) is 0.267. The summed E-state index contributed by atoms with van der Waals surface area (Å²) in [4.78, 5) is 12.4. The number of aromatic nitrogens is 5. The van der Waals surface area contributed by atoms with Crippen LogP contribution in [0.5, 0.6) is 0 Å². The maximum atomic E-state index is 12.4. The number of hydrogen-bond acceptors (Lipinski definition) is 7. The lowest BCUT2D eigenvalue weighted by Crippen LogP contribution is -2.27. The van der Waals surface area contributed by atoms with E-state index in [1.165, 1.54) is 4.68 Å². The number of carbonyl (C=O) groups is 1. The number of anilines is 1. The van der Waals surface area contributed by atoms with Crippen molar-refractivity contribution < 1.29 is 9.42 Å². The highest BCUT2D eigenvalue weighted by molar-refractivity contribution is 5.93. The Hall–Kier alpha value is -3.23. The number of hydrogen-bond donors (Lipinski definition) is 2. The van der Waals surface area contributed by atoms with Crippen LogP contribution in [-0.4, -0.2) is 37.8 Å². The van der Waals surface area contributed by atoms with E-state index in [2.05, 4.69) is 30.6 Å². The zero-order chi connectivity index (χ0) is 16.9. The van der Waals surface area contributed by atoms with Crippen LogP contribution >= 0.6 is 0 Å². The van der Waals surface area contributed by atoms with Crippen molar-refractivity contribution >= 4 is 11.7 Å². The van der Waals surface area contributed by atoms with Crippen LogP contribution in [0.25, 0.3) is 5.82 Å². The summed E-state index contributed by atoms with van der Waals surface area (Å²) >= 11 is 0. The zero-order valence-corrected chi connectivity index (χ0v) is 13.1. The monoisotopic (exact) mass is 327 g/mol. The van der Waals surface area contributed by atoms with Crippen molar-refractivity contribution in [3.05, 3.63) is 47.3 Å². The molecule has 3 rings (SSSR count). The minimum atomic E-state index is -0.288. The molecule has 0 saturated heterocycles. The maximum absolute atomic E-state index is 12.4. The Morgan fingerprint density at radius 1 is 1.29 bits per heavy atom. The van der Waals surface area contributed by atoms with Gasteiger partial charge in [-0.3, -0.25) is 4.79 Å². The van der Waals surface area contributed by atoms with Gasteiger partial charge in [-0.1, -0.05) is 42.5 Å².